The Morgan fingerprint density at radius 2 is 1.86 bits per heavy atom. The summed E-state index contributed by atoms with van der Waals surface area (Å²) in [5.41, 5.74) is 2.00. The van der Waals surface area contributed by atoms with Gasteiger partial charge in [-0.1, -0.05) is 39.7 Å². The molecule has 0 aliphatic rings. The number of rotatable bonds is 3. The molecule has 3 aromatic rings. The van der Waals surface area contributed by atoms with Crippen molar-refractivity contribution in [1.82, 2.24) is 4.57 Å². The lowest BCUT2D eigenvalue weighted by atomic mass is 10.1. The average Bonchev–Trinajstić information content (AvgIpc) is 2.86. The van der Waals surface area contributed by atoms with E-state index in [0.717, 1.165) is 15.4 Å². The molecule has 1 N–H and O–H groups in total. The second kappa shape index (κ2) is 5.54. The van der Waals surface area contributed by atoms with Crippen LogP contribution >= 0.6 is 27.5 Å². The first-order valence-electron chi connectivity index (χ1n) is 6.31. The third-order valence-corrected chi connectivity index (χ3v) is 4.23. The summed E-state index contributed by atoms with van der Waals surface area (Å²) in [6.45, 7) is 0.595. The lowest BCUT2D eigenvalue weighted by Gasteiger charge is -2.09. The fourth-order valence-corrected chi connectivity index (χ4v) is 2.86. The van der Waals surface area contributed by atoms with Gasteiger partial charge in [0.05, 0.1) is 11.1 Å². The Bertz CT molecular complexity index is 824. The van der Waals surface area contributed by atoms with Crippen LogP contribution in [0.15, 0.2) is 53.1 Å². The highest BCUT2D eigenvalue weighted by Gasteiger charge is 2.14. The van der Waals surface area contributed by atoms with Crippen LogP contribution in [0, 0.1) is 0 Å². The van der Waals surface area contributed by atoms with Crippen LogP contribution in [0.4, 0.5) is 0 Å². The predicted molar refractivity (Wildman–Crippen MR) is 87.2 cm³/mol. The van der Waals surface area contributed by atoms with Crippen LogP contribution in [0.2, 0.25) is 5.02 Å². The number of halogens is 2. The minimum Gasteiger partial charge on any atom is -0.478 e. The summed E-state index contributed by atoms with van der Waals surface area (Å²) in [7, 11) is 0. The van der Waals surface area contributed by atoms with Gasteiger partial charge in [-0.05, 0) is 35.9 Å². The number of carboxylic acid groups (broad SMARTS) is 1. The van der Waals surface area contributed by atoms with Crippen molar-refractivity contribution in [3.05, 3.63) is 69.3 Å². The maximum absolute atomic E-state index is 11.4. The largest absolute Gasteiger partial charge is 0.478 e. The molecule has 3 nitrogen and oxygen atoms in total. The van der Waals surface area contributed by atoms with Crippen molar-refractivity contribution < 1.29 is 9.90 Å². The molecular weight excluding hydrogens is 354 g/mol. The van der Waals surface area contributed by atoms with Gasteiger partial charge in [-0.25, -0.2) is 4.79 Å². The van der Waals surface area contributed by atoms with Gasteiger partial charge in [-0.15, -0.1) is 0 Å². The van der Waals surface area contributed by atoms with Gasteiger partial charge in [0.2, 0.25) is 0 Å². The third kappa shape index (κ3) is 2.69. The highest BCUT2D eigenvalue weighted by atomic mass is 79.9. The van der Waals surface area contributed by atoms with E-state index in [0.29, 0.717) is 17.1 Å². The van der Waals surface area contributed by atoms with E-state index >= 15 is 0 Å². The molecule has 0 fully saturated rings. The Morgan fingerprint density at radius 1 is 1.14 bits per heavy atom. The molecule has 0 atom stereocenters. The molecule has 0 bridgehead atoms. The van der Waals surface area contributed by atoms with E-state index in [2.05, 4.69) is 15.9 Å². The van der Waals surface area contributed by atoms with Crippen molar-refractivity contribution in [3.63, 3.8) is 0 Å². The summed E-state index contributed by atoms with van der Waals surface area (Å²) in [5.74, 6) is -0.951. The second-order valence-corrected chi connectivity index (χ2v) is 6.06. The van der Waals surface area contributed by atoms with Gasteiger partial charge in [0.1, 0.15) is 0 Å². The van der Waals surface area contributed by atoms with Crippen LogP contribution in [-0.2, 0) is 6.54 Å². The van der Waals surface area contributed by atoms with Gasteiger partial charge in [0.15, 0.2) is 0 Å². The molecule has 21 heavy (non-hydrogen) atoms. The molecular formula is C16H11BrClNO2. The van der Waals surface area contributed by atoms with E-state index in [4.69, 9.17) is 11.6 Å². The number of carboxylic acids is 1. The molecule has 0 spiro atoms. The molecule has 0 saturated heterocycles. The second-order valence-electron chi connectivity index (χ2n) is 4.73. The molecule has 0 aliphatic carbocycles. The van der Waals surface area contributed by atoms with E-state index in [1.54, 1.807) is 12.1 Å². The predicted octanol–water partition coefficient (Wildman–Crippen LogP) is 4.80. The first-order valence-corrected chi connectivity index (χ1v) is 7.48. The highest BCUT2D eigenvalue weighted by molar-refractivity contribution is 9.10. The number of hydrogen-bond acceptors (Lipinski definition) is 1. The smallest absolute Gasteiger partial charge is 0.337 e. The lowest BCUT2D eigenvalue weighted by Crippen LogP contribution is -2.04. The summed E-state index contributed by atoms with van der Waals surface area (Å²) >= 11 is 9.56. The fourth-order valence-electron chi connectivity index (χ4n) is 2.38. The normalized spacial score (nSPS) is 11.0. The van der Waals surface area contributed by atoms with E-state index < -0.39 is 5.97 Å². The molecule has 5 heteroatoms. The van der Waals surface area contributed by atoms with Crippen molar-refractivity contribution in [3.8, 4) is 0 Å². The number of aromatic nitrogens is 1. The lowest BCUT2D eigenvalue weighted by molar-refractivity contribution is 0.0698. The number of nitrogens with zero attached hydrogens (tertiary/aromatic N) is 1. The maximum atomic E-state index is 11.4. The number of benzene rings is 2. The summed E-state index contributed by atoms with van der Waals surface area (Å²) < 4.78 is 2.92. The highest BCUT2D eigenvalue weighted by Crippen LogP contribution is 2.28. The van der Waals surface area contributed by atoms with Crippen LogP contribution in [0.5, 0.6) is 0 Å². The molecule has 2 aromatic carbocycles. The molecule has 0 amide bonds. The summed E-state index contributed by atoms with van der Waals surface area (Å²) in [5, 5.41) is 10.7. The molecule has 106 valence electrons. The van der Waals surface area contributed by atoms with Crippen molar-refractivity contribution in [1.29, 1.82) is 0 Å². The number of fused-ring (bicyclic) bond motifs is 1. The Kier molecular flexibility index (Phi) is 3.74. The van der Waals surface area contributed by atoms with Gasteiger partial charge in [-0.2, -0.15) is 0 Å². The minimum atomic E-state index is -0.951. The first-order chi connectivity index (χ1) is 10.1. The van der Waals surface area contributed by atoms with E-state index in [1.807, 2.05) is 41.1 Å². The van der Waals surface area contributed by atoms with Gasteiger partial charge >= 0.3 is 5.97 Å². The van der Waals surface area contributed by atoms with Crippen molar-refractivity contribution in [2.75, 3.05) is 0 Å². The van der Waals surface area contributed by atoms with Gasteiger partial charge < -0.3 is 9.67 Å². The molecule has 0 unspecified atom stereocenters. The Labute approximate surface area is 134 Å². The van der Waals surface area contributed by atoms with E-state index in [1.165, 1.54) is 0 Å². The first kappa shape index (κ1) is 14.2. The van der Waals surface area contributed by atoms with Gasteiger partial charge in [0, 0.05) is 27.6 Å². The number of hydrogen-bond donors (Lipinski definition) is 1. The quantitative estimate of drug-likeness (QED) is 0.725. The number of aromatic carboxylic acids is 1. The standard InChI is InChI=1S/C16H11BrClNO2/c17-11-3-1-10(2-4-11)9-19-8-7-12-14(18)6-5-13(15(12)19)16(20)21/h1-8H,9H2,(H,20,21). The molecule has 1 aromatic heterocycles. The maximum Gasteiger partial charge on any atom is 0.337 e. The SMILES string of the molecule is O=C(O)c1ccc(Cl)c2ccn(Cc3ccc(Br)cc3)c12. The third-order valence-electron chi connectivity index (χ3n) is 3.37. The Balaban J connectivity index is 2.12. The van der Waals surface area contributed by atoms with Crippen LogP contribution in [0.25, 0.3) is 10.9 Å². The van der Waals surface area contributed by atoms with Crippen LogP contribution in [0.1, 0.15) is 15.9 Å². The van der Waals surface area contributed by atoms with Gasteiger partial charge in [0.25, 0.3) is 0 Å². The van der Waals surface area contributed by atoms with Crippen LogP contribution < -0.4 is 0 Å². The van der Waals surface area contributed by atoms with Crippen LogP contribution in [0.3, 0.4) is 0 Å². The zero-order valence-corrected chi connectivity index (χ0v) is 13.2. The number of carbonyl (C=O) groups is 1. The Hall–Kier alpha value is -1.78. The zero-order valence-electron chi connectivity index (χ0n) is 10.9. The zero-order chi connectivity index (χ0) is 15.0. The molecule has 0 radical (unpaired) electrons. The van der Waals surface area contributed by atoms with E-state index in [-0.39, 0.29) is 5.56 Å². The fraction of sp³-hybridized carbons (Fsp3) is 0.0625. The topological polar surface area (TPSA) is 42.2 Å². The Morgan fingerprint density at radius 3 is 2.52 bits per heavy atom. The van der Waals surface area contributed by atoms with Gasteiger partial charge in [-0.3, -0.25) is 0 Å². The van der Waals surface area contributed by atoms with Crippen molar-refractivity contribution in [2.45, 2.75) is 6.54 Å². The van der Waals surface area contributed by atoms with Crippen molar-refractivity contribution >= 4 is 44.4 Å². The molecule has 3 rings (SSSR count). The van der Waals surface area contributed by atoms with Crippen molar-refractivity contribution in [2.24, 2.45) is 0 Å². The van der Waals surface area contributed by atoms with Crippen LogP contribution in [-0.4, -0.2) is 15.6 Å². The van der Waals surface area contributed by atoms with E-state index in [9.17, 15) is 9.90 Å². The summed E-state index contributed by atoms with van der Waals surface area (Å²) in [6, 6.07) is 12.9. The summed E-state index contributed by atoms with van der Waals surface area (Å²) in [6.07, 6.45) is 1.87. The minimum absolute atomic E-state index is 0.261. The molecule has 1 heterocycles. The molecule has 0 aliphatic heterocycles. The average molecular weight is 365 g/mol. The molecule has 0 saturated carbocycles. The monoisotopic (exact) mass is 363 g/mol. The summed E-state index contributed by atoms with van der Waals surface area (Å²) in [4.78, 5) is 11.4.